The molecule has 0 aliphatic heterocycles. The van der Waals surface area contributed by atoms with Crippen LogP contribution in [-0.4, -0.2) is 26.7 Å². The molecule has 0 heterocycles. The predicted molar refractivity (Wildman–Crippen MR) is 73.8 cm³/mol. The van der Waals surface area contributed by atoms with Crippen molar-refractivity contribution in [3.8, 4) is 0 Å². The van der Waals surface area contributed by atoms with Crippen LogP contribution in [-0.2, 0) is 0 Å². The number of hydrogen-bond acceptors (Lipinski definition) is 2. The number of nitrogens with one attached hydrogen (secondary N) is 2. The molecule has 1 atom stereocenters. The van der Waals surface area contributed by atoms with Crippen molar-refractivity contribution in [3.05, 3.63) is 0 Å². The Morgan fingerprint density at radius 2 is 1.75 bits per heavy atom. The summed E-state index contributed by atoms with van der Waals surface area (Å²) >= 11 is 0. The molecule has 2 nitrogen and oxygen atoms in total. The zero-order valence-electron chi connectivity index (χ0n) is 12.2. The molecule has 0 fully saturated rings. The van der Waals surface area contributed by atoms with Crippen LogP contribution < -0.4 is 10.6 Å². The van der Waals surface area contributed by atoms with Crippen LogP contribution in [0.5, 0.6) is 0 Å². The molecule has 98 valence electrons. The second-order valence-corrected chi connectivity index (χ2v) is 6.11. The maximum atomic E-state index is 3.64. The lowest BCUT2D eigenvalue weighted by Crippen LogP contribution is -2.37. The summed E-state index contributed by atoms with van der Waals surface area (Å²) in [4.78, 5) is 0. The van der Waals surface area contributed by atoms with Crippen LogP contribution in [0.3, 0.4) is 0 Å². The summed E-state index contributed by atoms with van der Waals surface area (Å²) in [6.45, 7) is 15.0. The third kappa shape index (κ3) is 7.24. The fraction of sp³-hybridized carbons (Fsp3) is 1.00. The smallest absolute Gasteiger partial charge is 0.000264 e. The van der Waals surface area contributed by atoms with Crippen molar-refractivity contribution in [1.82, 2.24) is 10.6 Å². The van der Waals surface area contributed by atoms with E-state index >= 15 is 0 Å². The van der Waals surface area contributed by atoms with Gasteiger partial charge < -0.3 is 10.6 Å². The van der Waals surface area contributed by atoms with E-state index in [-0.39, 0.29) is 0 Å². The van der Waals surface area contributed by atoms with Gasteiger partial charge in [-0.05, 0) is 43.8 Å². The first kappa shape index (κ1) is 15.9. The van der Waals surface area contributed by atoms with Gasteiger partial charge in [-0.3, -0.25) is 0 Å². The average Bonchev–Trinajstić information content (AvgIpc) is 2.15. The summed E-state index contributed by atoms with van der Waals surface area (Å²) in [5.74, 6) is 1.48. The quantitative estimate of drug-likeness (QED) is 0.634. The Hall–Kier alpha value is -0.0800. The molecule has 1 unspecified atom stereocenters. The SMILES string of the molecule is CCCC(C)(C)CNCC(CNC)C(C)C. The molecule has 0 aliphatic rings. The van der Waals surface area contributed by atoms with E-state index in [1.807, 2.05) is 7.05 Å². The van der Waals surface area contributed by atoms with Crippen molar-refractivity contribution in [2.24, 2.45) is 17.3 Å². The third-order valence-corrected chi connectivity index (χ3v) is 3.35. The standard InChI is InChI=1S/C14H32N2/c1-7-8-14(4,5)11-16-10-13(9-15-6)12(2)3/h12-13,15-16H,7-11H2,1-6H3. The van der Waals surface area contributed by atoms with Crippen LogP contribution in [0.1, 0.15) is 47.5 Å². The Kier molecular flexibility index (Phi) is 8.04. The van der Waals surface area contributed by atoms with Gasteiger partial charge in [0, 0.05) is 6.54 Å². The van der Waals surface area contributed by atoms with Crippen LogP contribution in [0.25, 0.3) is 0 Å². The Morgan fingerprint density at radius 1 is 1.12 bits per heavy atom. The van der Waals surface area contributed by atoms with E-state index in [4.69, 9.17) is 0 Å². The molecule has 0 radical (unpaired) electrons. The van der Waals surface area contributed by atoms with Crippen molar-refractivity contribution in [2.75, 3.05) is 26.7 Å². The highest BCUT2D eigenvalue weighted by molar-refractivity contribution is 4.74. The first-order valence-electron chi connectivity index (χ1n) is 6.78. The number of hydrogen-bond donors (Lipinski definition) is 2. The fourth-order valence-electron chi connectivity index (χ4n) is 2.17. The van der Waals surface area contributed by atoms with E-state index < -0.39 is 0 Å². The lowest BCUT2D eigenvalue weighted by molar-refractivity contribution is 0.282. The van der Waals surface area contributed by atoms with Gasteiger partial charge in [0.2, 0.25) is 0 Å². The lowest BCUT2D eigenvalue weighted by atomic mass is 9.87. The molecule has 0 aliphatic carbocycles. The van der Waals surface area contributed by atoms with E-state index in [1.165, 1.54) is 12.8 Å². The molecule has 2 N–H and O–H groups in total. The van der Waals surface area contributed by atoms with E-state index in [9.17, 15) is 0 Å². The van der Waals surface area contributed by atoms with Crippen LogP contribution in [0, 0.1) is 17.3 Å². The second kappa shape index (κ2) is 8.08. The highest BCUT2D eigenvalue weighted by Gasteiger charge is 2.18. The molecular weight excluding hydrogens is 196 g/mol. The highest BCUT2D eigenvalue weighted by Crippen LogP contribution is 2.20. The third-order valence-electron chi connectivity index (χ3n) is 3.35. The van der Waals surface area contributed by atoms with Crippen molar-refractivity contribution >= 4 is 0 Å². The molecule has 0 saturated carbocycles. The van der Waals surface area contributed by atoms with Gasteiger partial charge in [0.15, 0.2) is 0 Å². The lowest BCUT2D eigenvalue weighted by Gasteiger charge is -2.27. The maximum absolute atomic E-state index is 3.64. The molecule has 0 aromatic rings. The molecule has 16 heavy (non-hydrogen) atoms. The topological polar surface area (TPSA) is 24.1 Å². The minimum absolute atomic E-state index is 0.440. The minimum Gasteiger partial charge on any atom is -0.319 e. The van der Waals surface area contributed by atoms with E-state index in [0.29, 0.717) is 5.41 Å². The molecule has 0 bridgehead atoms. The fourth-order valence-corrected chi connectivity index (χ4v) is 2.17. The van der Waals surface area contributed by atoms with Gasteiger partial charge in [-0.1, -0.05) is 41.0 Å². The monoisotopic (exact) mass is 228 g/mol. The van der Waals surface area contributed by atoms with Gasteiger partial charge in [-0.25, -0.2) is 0 Å². The molecule has 0 rings (SSSR count). The first-order valence-corrected chi connectivity index (χ1v) is 6.78. The van der Waals surface area contributed by atoms with Gasteiger partial charge >= 0.3 is 0 Å². The molecule has 0 amide bonds. The highest BCUT2D eigenvalue weighted by atomic mass is 14.9. The summed E-state index contributed by atoms with van der Waals surface area (Å²) < 4.78 is 0. The summed E-state index contributed by atoms with van der Waals surface area (Å²) in [6.07, 6.45) is 2.58. The van der Waals surface area contributed by atoms with Crippen LogP contribution in [0.15, 0.2) is 0 Å². The van der Waals surface area contributed by atoms with E-state index in [1.54, 1.807) is 0 Å². The van der Waals surface area contributed by atoms with Crippen LogP contribution in [0.2, 0.25) is 0 Å². The maximum Gasteiger partial charge on any atom is 0.000264 e. The summed E-state index contributed by atoms with van der Waals surface area (Å²) in [5.41, 5.74) is 0.440. The first-order chi connectivity index (χ1) is 7.43. The normalized spacial score (nSPS) is 14.4. The molecule has 0 aromatic carbocycles. The molecule has 0 aromatic heterocycles. The molecular formula is C14H32N2. The van der Waals surface area contributed by atoms with Crippen molar-refractivity contribution in [1.29, 1.82) is 0 Å². The van der Waals surface area contributed by atoms with Crippen molar-refractivity contribution in [3.63, 3.8) is 0 Å². The Labute approximate surface area is 103 Å². The Bertz CT molecular complexity index is 164. The second-order valence-electron chi connectivity index (χ2n) is 6.11. The Morgan fingerprint density at radius 3 is 2.19 bits per heavy atom. The van der Waals surface area contributed by atoms with Gasteiger partial charge in [0.25, 0.3) is 0 Å². The van der Waals surface area contributed by atoms with Gasteiger partial charge in [0.05, 0.1) is 0 Å². The summed E-state index contributed by atoms with van der Waals surface area (Å²) in [5, 5.41) is 6.92. The van der Waals surface area contributed by atoms with Gasteiger partial charge in [-0.2, -0.15) is 0 Å². The zero-order valence-corrected chi connectivity index (χ0v) is 12.2. The average molecular weight is 228 g/mol. The van der Waals surface area contributed by atoms with Gasteiger partial charge in [0.1, 0.15) is 0 Å². The van der Waals surface area contributed by atoms with E-state index in [2.05, 4.69) is 45.3 Å². The van der Waals surface area contributed by atoms with Gasteiger partial charge in [-0.15, -0.1) is 0 Å². The van der Waals surface area contributed by atoms with Crippen LogP contribution >= 0.6 is 0 Å². The molecule has 2 heteroatoms. The minimum atomic E-state index is 0.440. The van der Waals surface area contributed by atoms with Crippen molar-refractivity contribution < 1.29 is 0 Å². The van der Waals surface area contributed by atoms with Crippen LogP contribution in [0.4, 0.5) is 0 Å². The summed E-state index contributed by atoms with van der Waals surface area (Å²) in [6, 6.07) is 0. The molecule has 0 saturated heterocycles. The Balaban J connectivity index is 3.84. The van der Waals surface area contributed by atoms with E-state index in [0.717, 1.165) is 31.5 Å². The predicted octanol–water partition coefficient (Wildman–Crippen LogP) is 2.89. The van der Waals surface area contributed by atoms with Crippen molar-refractivity contribution in [2.45, 2.75) is 47.5 Å². The molecule has 0 spiro atoms. The zero-order chi connectivity index (χ0) is 12.6. The largest absolute Gasteiger partial charge is 0.319 e. The summed E-state index contributed by atoms with van der Waals surface area (Å²) in [7, 11) is 2.04. The number of rotatable bonds is 9.